The van der Waals surface area contributed by atoms with E-state index in [0.717, 1.165) is 22.3 Å². The van der Waals surface area contributed by atoms with Crippen molar-refractivity contribution in [3.8, 4) is 5.75 Å². The van der Waals surface area contributed by atoms with Gasteiger partial charge in [-0.25, -0.2) is 14.4 Å². The number of benzene rings is 4. The number of carbonyl (C=O) groups is 2. The van der Waals surface area contributed by atoms with E-state index in [1.54, 1.807) is 12.1 Å². The van der Waals surface area contributed by atoms with Gasteiger partial charge in [-0.3, -0.25) is 0 Å². The zero-order valence-corrected chi connectivity index (χ0v) is 23.5. The van der Waals surface area contributed by atoms with Gasteiger partial charge in [-0.2, -0.15) is 0 Å². The molecule has 1 atom stereocenters. The van der Waals surface area contributed by atoms with Crippen LogP contribution in [0.1, 0.15) is 33.4 Å². The second-order valence-corrected chi connectivity index (χ2v) is 10.2. The fraction of sp³-hybridized carbons (Fsp3) is 0.171. The Bertz CT molecular complexity index is 1750. The highest BCUT2D eigenvalue weighted by Gasteiger charge is 2.26. The van der Waals surface area contributed by atoms with Crippen LogP contribution in [0.25, 0.3) is 11.0 Å². The van der Waals surface area contributed by atoms with Crippen LogP contribution in [-0.2, 0) is 29.0 Å². The number of hydrogen-bond donors (Lipinski definition) is 1. The molecular weight excluding hydrogens is 530 g/mol. The Morgan fingerprint density at radius 3 is 2.05 bits per heavy atom. The Kier molecular flexibility index (Phi) is 8.78. The van der Waals surface area contributed by atoms with E-state index < -0.39 is 23.7 Å². The molecule has 1 N–H and O–H groups in total. The number of amides is 1. The van der Waals surface area contributed by atoms with E-state index in [9.17, 15) is 14.4 Å². The molecule has 1 amide bonds. The molecule has 0 saturated heterocycles. The molecule has 7 nitrogen and oxygen atoms in total. The summed E-state index contributed by atoms with van der Waals surface area (Å²) in [7, 11) is 0. The van der Waals surface area contributed by atoms with Gasteiger partial charge in [0.05, 0.1) is 5.39 Å². The Balaban J connectivity index is 1.43. The molecule has 0 saturated carbocycles. The van der Waals surface area contributed by atoms with Gasteiger partial charge in [0.25, 0.3) is 0 Å². The van der Waals surface area contributed by atoms with Crippen LogP contribution in [0.15, 0.2) is 112 Å². The Morgan fingerprint density at radius 1 is 0.810 bits per heavy atom. The van der Waals surface area contributed by atoms with Crippen LogP contribution >= 0.6 is 0 Å². The van der Waals surface area contributed by atoms with Crippen molar-refractivity contribution < 1.29 is 23.5 Å². The molecule has 5 aromatic rings. The predicted molar refractivity (Wildman–Crippen MR) is 161 cm³/mol. The SMILES string of the molecule is Cc1cc(OC(=O)[C@H](Cc2ccccc2)NC(=O)OCc2ccccc2)c2c(C)c(Cc3ccccc3)c(=O)oc2c1. The third-order valence-electron chi connectivity index (χ3n) is 6.99. The van der Waals surface area contributed by atoms with Gasteiger partial charge in [0, 0.05) is 18.4 Å². The fourth-order valence-electron chi connectivity index (χ4n) is 4.85. The van der Waals surface area contributed by atoms with Crippen LogP contribution in [0.3, 0.4) is 0 Å². The van der Waals surface area contributed by atoms with Gasteiger partial charge in [-0.15, -0.1) is 0 Å². The van der Waals surface area contributed by atoms with Crippen molar-refractivity contribution in [2.24, 2.45) is 0 Å². The maximum Gasteiger partial charge on any atom is 0.408 e. The molecule has 0 aliphatic heterocycles. The number of carbonyl (C=O) groups excluding carboxylic acids is 2. The van der Waals surface area contributed by atoms with Gasteiger partial charge >= 0.3 is 17.7 Å². The zero-order chi connectivity index (χ0) is 29.5. The highest BCUT2D eigenvalue weighted by atomic mass is 16.6. The van der Waals surface area contributed by atoms with Gasteiger partial charge in [0.15, 0.2) is 0 Å². The van der Waals surface area contributed by atoms with Gasteiger partial charge < -0.3 is 19.2 Å². The quantitative estimate of drug-likeness (QED) is 0.126. The highest BCUT2D eigenvalue weighted by molar-refractivity contribution is 5.92. The number of fused-ring (bicyclic) bond motifs is 1. The summed E-state index contributed by atoms with van der Waals surface area (Å²) in [5.74, 6) is -0.416. The summed E-state index contributed by atoms with van der Waals surface area (Å²) < 4.78 is 17.1. The van der Waals surface area contributed by atoms with E-state index in [-0.39, 0.29) is 18.8 Å². The third-order valence-corrected chi connectivity index (χ3v) is 6.99. The van der Waals surface area contributed by atoms with Crippen molar-refractivity contribution >= 4 is 23.0 Å². The normalized spacial score (nSPS) is 11.6. The molecule has 212 valence electrons. The van der Waals surface area contributed by atoms with Crippen LogP contribution in [0.5, 0.6) is 5.75 Å². The lowest BCUT2D eigenvalue weighted by atomic mass is 9.98. The van der Waals surface area contributed by atoms with Crippen molar-refractivity contribution in [3.63, 3.8) is 0 Å². The molecule has 4 aromatic carbocycles. The molecule has 0 aliphatic carbocycles. The lowest BCUT2D eigenvalue weighted by Gasteiger charge is -2.19. The number of hydrogen-bond acceptors (Lipinski definition) is 6. The third kappa shape index (κ3) is 6.93. The first-order valence-electron chi connectivity index (χ1n) is 13.7. The van der Waals surface area contributed by atoms with Crippen molar-refractivity contribution in [2.45, 2.75) is 39.3 Å². The lowest BCUT2D eigenvalue weighted by Crippen LogP contribution is -2.44. The average molecular weight is 562 g/mol. The van der Waals surface area contributed by atoms with Gasteiger partial charge in [-0.1, -0.05) is 91.0 Å². The number of rotatable bonds is 9. The van der Waals surface area contributed by atoms with Gasteiger partial charge in [-0.05, 0) is 53.8 Å². The number of esters is 1. The Morgan fingerprint density at radius 2 is 1.40 bits per heavy atom. The number of alkyl carbamates (subject to hydrolysis) is 1. The summed E-state index contributed by atoms with van der Waals surface area (Å²) in [6.45, 7) is 3.71. The van der Waals surface area contributed by atoms with E-state index in [1.807, 2.05) is 105 Å². The van der Waals surface area contributed by atoms with Crippen LogP contribution in [0.2, 0.25) is 0 Å². The summed E-state index contributed by atoms with van der Waals surface area (Å²) in [6, 6.07) is 30.7. The predicted octanol–water partition coefficient (Wildman–Crippen LogP) is 6.44. The van der Waals surface area contributed by atoms with Crippen LogP contribution in [0.4, 0.5) is 4.79 Å². The zero-order valence-electron chi connectivity index (χ0n) is 23.5. The molecule has 0 bridgehead atoms. The van der Waals surface area contributed by atoms with Crippen LogP contribution in [-0.4, -0.2) is 18.1 Å². The van der Waals surface area contributed by atoms with E-state index >= 15 is 0 Å². The van der Waals surface area contributed by atoms with Crippen molar-refractivity contribution in [2.75, 3.05) is 0 Å². The maximum atomic E-state index is 13.7. The number of ether oxygens (including phenoxy) is 2. The van der Waals surface area contributed by atoms with E-state index in [0.29, 0.717) is 28.5 Å². The molecule has 1 heterocycles. The minimum atomic E-state index is -1.04. The van der Waals surface area contributed by atoms with Crippen LogP contribution in [0, 0.1) is 13.8 Å². The summed E-state index contributed by atoms with van der Waals surface area (Å²) in [4.78, 5) is 39.4. The second-order valence-electron chi connectivity index (χ2n) is 10.2. The largest absolute Gasteiger partial charge is 0.445 e. The highest BCUT2D eigenvalue weighted by Crippen LogP contribution is 2.32. The second kappa shape index (κ2) is 13.0. The van der Waals surface area contributed by atoms with Crippen molar-refractivity contribution in [1.29, 1.82) is 0 Å². The standard InChI is InChI=1S/C35H31NO6/c1-23-18-30-32(24(2)28(33(37)41-30)20-25-12-6-3-7-13-25)31(19-23)42-34(38)29(21-26-14-8-4-9-15-26)36-35(39)40-22-27-16-10-5-11-17-27/h3-19,29H,20-22H2,1-2H3,(H,36,39)/t29-/m0/s1. The van der Waals surface area contributed by atoms with Gasteiger partial charge in [0.1, 0.15) is 24.0 Å². The topological polar surface area (TPSA) is 94.8 Å². The average Bonchev–Trinajstić information content (AvgIpc) is 2.99. The lowest BCUT2D eigenvalue weighted by molar-refractivity contribution is -0.136. The molecule has 1 aromatic heterocycles. The molecule has 0 fully saturated rings. The van der Waals surface area contributed by atoms with Crippen molar-refractivity contribution in [1.82, 2.24) is 5.32 Å². The Labute approximate surface area is 243 Å². The summed E-state index contributed by atoms with van der Waals surface area (Å²) in [6.07, 6.45) is -0.173. The molecule has 5 rings (SSSR count). The fourth-order valence-corrected chi connectivity index (χ4v) is 4.85. The first-order valence-corrected chi connectivity index (χ1v) is 13.7. The molecule has 7 heteroatoms. The molecule has 0 unspecified atom stereocenters. The summed E-state index contributed by atoms with van der Waals surface area (Å²) in [5, 5.41) is 3.21. The first-order chi connectivity index (χ1) is 20.4. The molecule has 0 aliphatic rings. The number of nitrogens with one attached hydrogen (secondary N) is 1. The molecular formula is C35H31NO6. The maximum absolute atomic E-state index is 13.7. The number of aryl methyl sites for hydroxylation is 2. The molecule has 0 spiro atoms. The summed E-state index contributed by atoms with van der Waals surface area (Å²) in [5.41, 5.74) is 4.41. The van der Waals surface area contributed by atoms with E-state index in [2.05, 4.69) is 5.32 Å². The monoisotopic (exact) mass is 561 g/mol. The molecule has 0 radical (unpaired) electrons. The minimum Gasteiger partial charge on any atom is -0.445 e. The smallest absolute Gasteiger partial charge is 0.408 e. The molecule has 42 heavy (non-hydrogen) atoms. The van der Waals surface area contributed by atoms with Gasteiger partial charge in [0.2, 0.25) is 0 Å². The summed E-state index contributed by atoms with van der Waals surface area (Å²) >= 11 is 0. The Hall–Kier alpha value is -5.17. The minimum absolute atomic E-state index is 0.0602. The van der Waals surface area contributed by atoms with E-state index in [1.165, 1.54) is 0 Å². The van der Waals surface area contributed by atoms with Crippen molar-refractivity contribution in [3.05, 3.63) is 147 Å². The van der Waals surface area contributed by atoms with Crippen LogP contribution < -0.4 is 15.7 Å². The first kappa shape index (κ1) is 28.4. The van der Waals surface area contributed by atoms with E-state index in [4.69, 9.17) is 13.9 Å².